The highest BCUT2D eigenvalue weighted by Crippen LogP contribution is 2.20. The van der Waals surface area contributed by atoms with Gasteiger partial charge in [0, 0.05) is 38.4 Å². The zero-order chi connectivity index (χ0) is 25.4. The van der Waals surface area contributed by atoms with Crippen LogP contribution in [0.4, 0.5) is 4.39 Å². The Hall–Kier alpha value is -3.20. The summed E-state index contributed by atoms with van der Waals surface area (Å²) < 4.78 is 32.0. The Morgan fingerprint density at radius 1 is 1.03 bits per heavy atom. The van der Waals surface area contributed by atoms with Crippen LogP contribution in [-0.4, -0.2) is 59.7 Å². The molecule has 3 aromatic rings. The number of aliphatic hydroxyl groups is 1. The average Bonchev–Trinajstić information content (AvgIpc) is 3.05. The molecular weight excluding hydrogens is 463 g/mol. The number of ether oxygens (including phenoxy) is 3. The third kappa shape index (κ3) is 7.65. The zero-order valence-corrected chi connectivity index (χ0v) is 20.6. The molecule has 36 heavy (non-hydrogen) atoms. The van der Waals surface area contributed by atoms with Crippen LogP contribution >= 0.6 is 0 Å². The van der Waals surface area contributed by atoms with Gasteiger partial charge in [0.2, 0.25) is 0 Å². The number of aromatic nitrogens is 1. The summed E-state index contributed by atoms with van der Waals surface area (Å²) in [4.78, 5) is 14.0. The van der Waals surface area contributed by atoms with Gasteiger partial charge in [-0.05, 0) is 60.9 Å². The van der Waals surface area contributed by atoms with E-state index in [9.17, 15) is 14.3 Å². The third-order valence-electron chi connectivity index (χ3n) is 6.03. The fourth-order valence-electron chi connectivity index (χ4n) is 4.17. The lowest BCUT2D eigenvalue weighted by atomic mass is 10.1. The number of rotatable bonds is 10. The van der Waals surface area contributed by atoms with Crippen molar-refractivity contribution < 1.29 is 23.7 Å². The average molecular weight is 497 g/mol. The van der Waals surface area contributed by atoms with Gasteiger partial charge in [-0.3, -0.25) is 9.69 Å². The second kappa shape index (κ2) is 12.2. The number of hydrogen-bond acceptors (Lipinski definition) is 6. The predicted octanol–water partition coefficient (Wildman–Crippen LogP) is 3.41. The topological polar surface area (TPSA) is 73.2 Å². The first-order chi connectivity index (χ1) is 17.4. The van der Waals surface area contributed by atoms with Gasteiger partial charge >= 0.3 is 0 Å². The van der Waals surface area contributed by atoms with Crippen LogP contribution < -0.4 is 15.0 Å². The SMILES string of the molecule is Cc1ccc(=O)n(CCCOc2ccc(CN3CCOC[C@@](O)(COc4ccc(F)cc4)C3)cc2)c1. The first-order valence-electron chi connectivity index (χ1n) is 12.2. The summed E-state index contributed by atoms with van der Waals surface area (Å²) in [5.41, 5.74) is 0.976. The fraction of sp³-hybridized carbons (Fsp3) is 0.393. The first-order valence-corrected chi connectivity index (χ1v) is 12.2. The minimum Gasteiger partial charge on any atom is -0.494 e. The molecule has 2 heterocycles. The van der Waals surface area contributed by atoms with Crippen molar-refractivity contribution in [1.29, 1.82) is 0 Å². The maximum atomic E-state index is 13.1. The van der Waals surface area contributed by atoms with Gasteiger partial charge in [0.25, 0.3) is 5.56 Å². The van der Waals surface area contributed by atoms with Crippen LogP contribution in [-0.2, 0) is 17.8 Å². The highest BCUT2D eigenvalue weighted by molar-refractivity contribution is 5.27. The molecule has 1 aliphatic heterocycles. The summed E-state index contributed by atoms with van der Waals surface area (Å²) in [6, 6.07) is 17.0. The molecule has 4 rings (SSSR count). The van der Waals surface area contributed by atoms with Gasteiger partial charge in [-0.1, -0.05) is 18.2 Å². The lowest BCUT2D eigenvalue weighted by Crippen LogP contribution is -2.48. The van der Waals surface area contributed by atoms with Gasteiger partial charge in [0.1, 0.15) is 29.5 Å². The zero-order valence-electron chi connectivity index (χ0n) is 20.6. The maximum absolute atomic E-state index is 13.1. The largest absolute Gasteiger partial charge is 0.494 e. The number of hydrogen-bond donors (Lipinski definition) is 1. The first kappa shape index (κ1) is 25.9. The molecular formula is C28H33FN2O5. The minimum atomic E-state index is -1.17. The van der Waals surface area contributed by atoms with Gasteiger partial charge in [-0.25, -0.2) is 4.39 Å². The van der Waals surface area contributed by atoms with Crippen LogP contribution in [0.15, 0.2) is 71.7 Å². The van der Waals surface area contributed by atoms with E-state index in [1.165, 1.54) is 12.1 Å². The normalized spacial score (nSPS) is 18.5. The highest BCUT2D eigenvalue weighted by Gasteiger charge is 2.33. The Kier molecular flexibility index (Phi) is 8.74. The molecule has 7 nitrogen and oxygen atoms in total. The predicted molar refractivity (Wildman–Crippen MR) is 135 cm³/mol. The number of aryl methyl sites for hydroxylation is 2. The molecule has 0 saturated carbocycles. The van der Waals surface area contributed by atoms with Crippen LogP contribution in [0.2, 0.25) is 0 Å². The van der Waals surface area contributed by atoms with Gasteiger partial charge in [-0.2, -0.15) is 0 Å². The Balaban J connectivity index is 1.24. The van der Waals surface area contributed by atoms with Gasteiger partial charge in [0.15, 0.2) is 0 Å². The molecule has 1 aromatic heterocycles. The number of nitrogens with zero attached hydrogens (tertiary/aromatic N) is 2. The monoisotopic (exact) mass is 496 g/mol. The van der Waals surface area contributed by atoms with Crippen molar-refractivity contribution in [2.45, 2.75) is 32.0 Å². The Labute approximate surface area is 210 Å². The number of β-amino-alcohol motifs (C(OH)–C–C–N with tert-alkyl or cyclic N) is 1. The lowest BCUT2D eigenvalue weighted by Gasteiger charge is -2.30. The number of benzene rings is 2. The number of halogens is 1. The molecule has 0 unspecified atom stereocenters. The van der Waals surface area contributed by atoms with Crippen LogP contribution in [0.3, 0.4) is 0 Å². The van der Waals surface area contributed by atoms with Crippen LogP contribution in [0.5, 0.6) is 11.5 Å². The fourth-order valence-corrected chi connectivity index (χ4v) is 4.17. The van der Waals surface area contributed by atoms with E-state index in [0.29, 0.717) is 45.1 Å². The van der Waals surface area contributed by atoms with E-state index >= 15 is 0 Å². The highest BCUT2D eigenvalue weighted by atomic mass is 19.1. The van der Waals surface area contributed by atoms with Crippen molar-refractivity contribution in [2.75, 3.05) is 39.5 Å². The molecule has 0 bridgehead atoms. The summed E-state index contributed by atoms with van der Waals surface area (Å²) in [6.45, 7) is 5.58. The van der Waals surface area contributed by atoms with Gasteiger partial charge in [0.05, 0.1) is 19.8 Å². The van der Waals surface area contributed by atoms with Crippen molar-refractivity contribution >= 4 is 0 Å². The molecule has 1 N–H and O–H groups in total. The second-order valence-electron chi connectivity index (χ2n) is 9.31. The van der Waals surface area contributed by atoms with Crippen molar-refractivity contribution in [1.82, 2.24) is 9.47 Å². The van der Waals surface area contributed by atoms with E-state index < -0.39 is 5.60 Å². The van der Waals surface area contributed by atoms with E-state index in [1.807, 2.05) is 43.5 Å². The van der Waals surface area contributed by atoms with Gasteiger partial charge < -0.3 is 23.9 Å². The van der Waals surface area contributed by atoms with E-state index in [1.54, 1.807) is 22.8 Å². The quantitative estimate of drug-likeness (QED) is 0.434. The molecule has 192 valence electrons. The Bertz CT molecular complexity index is 1170. The molecule has 1 aliphatic rings. The minimum absolute atomic E-state index is 0.00205. The number of pyridine rings is 1. The summed E-state index contributed by atoms with van der Waals surface area (Å²) in [7, 11) is 0. The Morgan fingerprint density at radius 2 is 1.75 bits per heavy atom. The molecule has 0 aliphatic carbocycles. The van der Waals surface area contributed by atoms with Gasteiger partial charge in [-0.15, -0.1) is 0 Å². The molecule has 0 radical (unpaired) electrons. The standard InChI is InChI=1S/C28H33FN2O5/c1-22-3-12-27(32)31(17-22)13-2-15-35-25-8-4-23(5-9-25)18-30-14-16-34-20-28(33,19-30)21-36-26-10-6-24(29)7-11-26/h3-12,17,33H,2,13-16,18-21H2,1H3/t28-/m1/s1. The van der Waals surface area contributed by atoms with Crippen molar-refractivity contribution in [3.05, 3.63) is 94.2 Å². The molecule has 0 amide bonds. The molecule has 2 aromatic carbocycles. The smallest absolute Gasteiger partial charge is 0.250 e. The van der Waals surface area contributed by atoms with E-state index in [0.717, 1.165) is 23.3 Å². The molecule has 0 spiro atoms. The Morgan fingerprint density at radius 3 is 2.53 bits per heavy atom. The molecule has 1 atom stereocenters. The van der Waals surface area contributed by atoms with E-state index in [-0.39, 0.29) is 24.6 Å². The lowest BCUT2D eigenvalue weighted by molar-refractivity contribution is -0.0646. The van der Waals surface area contributed by atoms with Crippen LogP contribution in [0.1, 0.15) is 17.5 Å². The summed E-state index contributed by atoms with van der Waals surface area (Å²) >= 11 is 0. The third-order valence-corrected chi connectivity index (χ3v) is 6.03. The molecule has 8 heteroatoms. The maximum Gasteiger partial charge on any atom is 0.250 e. The molecule has 1 saturated heterocycles. The van der Waals surface area contributed by atoms with Crippen molar-refractivity contribution in [3.63, 3.8) is 0 Å². The second-order valence-corrected chi connectivity index (χ2v) is 9.31. The summed E-state index contributed by atoms with van der Waals surface area (Å²) in [5.74, 6) is 0.946. The molecule has 1 fully saturated rings. The van der Waals surface area contributed by atoms with Crippen LogP contribution in [0, 0.1) is 12.7 Å². The van der Waals surface area contributed by atoms with E-state index in [2.05, 4.69) is 4.90 Å². The van der Waals surface area contributed by atoms with Crippen molar-refractivity contribution in [2.24, 2.45) is 0 Å². The summed E-state index contributed by atoms with van der Waals surface area (Å²) in [5, 5.41) is 11.1. The van der Waals surface area contributed by atoms with Crippen LogP contribution in [0.25, 0.3) is 0 Å². The van der Waals surface area contributed by atoms with E-state index in [4.69, 9.17) is 14.2 Å². The van der Waals surface area contributed by atoms with Crippen molar-refractivity contribution in [3.8, 4) is 11.5 Å². The summed E-state index contributed by atoms with van der Waals surface area (Å²) in [6.07, 6.45) is 2.60.